The van der Waals surface area contributed by atoms with E-state index in [9.17, 15) is 17.6 Å². The van der Waals surface area contributed by atoms with Crippen molar-refractivity contribution in [3.05, 3.63) is 59.4 Å². The maximum atomic E-state index is 13.2. The lowest BCUT2D eigenvalue weighted by molar-refractivity contribution is -0.121. The van der Waals surface area contributed by atoms with Crippen LogP contribution < -0.4 is 5.32 Å². The summed E-state index contributed by atoms with van der Waals surface area (Å²) in [5, 5.41) is 10.5. The molecule has 10 heteroatoms. The number of anilines is 1. The zero-order chi connectivity index (χ0) is 22.9. The monoisotopic (exact) mass is 458 g/mol. The van der Waals surface area contributed by atoms with Crippen molar-refractivity contribution in [1.82, 2.24) is 14.5 Å². The van der Waals surface area contributed by atoms with Gasteiger partial charge >= 0.3 is 6.01 Å². The lowest BCUT2D eigenvalue weighted by Crippen LogP contribution is -2.43. The number of rotatable bonds is 5. The molecule has 1 amide bonds. The molecule has 1 atom stereocenters. The van der Waals surface area contributed by atoms with Crippen LogP contribution in [0.3, 0.4) is 0 Å². The quantitative estimate of drug-likeness (QED) is 0.627. The fraction of sp³-hybridized carbons (Fsp3) is 0.318. The number of carbonyl (C=O) groups excluding carboxylic acids is 1. The molecule has 32 heavy (non-hydrogen) atoms. The molecule has 1 unspecified atom stereocenters. The highest BCUT2D eigenvalue weighted by Gasteiger charge is 2.33. The van der Waals surface area contributed by atoms with Crippen LogP contribution in [-0.2, 0) is 14.8 Å². The first-order valence-electron chi connectivity index (χ1n) is 10.2. The third-order valence-electron chi connectivity index (χ3n) is 5.33. The van der Waals surface area contributed by atoms with Crippen molar-refractivity contribution in [1.29, 1.82) is 0 Å². The van der Waals surface area contributed by atoms with E-state index in [0.717, 1.165) is 28.8 Å². The average Bonchev–Trinajstić information content (AvgIpc) is 3.22. The topological polar surface area (TPSA) is 105 Å². The van der Waals surface area contributed by atoms with E-state index in [4.69, 9.17) is 4.42 Å². The summed E-state index contributed by atoms with van der Waals surface area (Å²) >= 11 is 0. The molecule has 168 valence electrons. The van der Waals surface area contributed by atoms with Crippen molar-refractivity contribution in [2.75, 3.05) is 18.4 Å². The Morgan fingerprint density at radius 1 is 1.12 bits per heavy atom. The minimum absolute atomic E-state index is 0.00468. The Kier molecular flexibility index (Phi) is 6.07. The lowest BCUT2D eigenvalue weighted by Gasteiger charge is -2.30. The molecule has 2 aromatic carbocycles. The smallest absolute Gasteiger partial charge is 0.322 e. The largest absolute Gasteiger partial charge is 0.403 e. The van der Waals surface area contributed by atoms with Crippen LogP contribution >= 0.6 is 0 Å². The maximum Gasteiger partial charge on any atom is 0.322 e. The number of sulfonamides is 1. The van der Waals surface area contributed by atoms with Crippen molar-refractivity contribution >= 4 is 21.9 Å². The molecular formula is C22H23FN4O4S. The highest BCUT2D eigenvalue weighted by molar-refractivity contribution is 7.89. The van der Waals surface area contributed by atoms with Gasteiger partial charge in [0.05, 0.1) is 10.8 Å². The first-order chi connectivity index (χ1) is 15.2. The molecule has 0 saturated carbocycles. The minimum Gasteiger partial charge on any atom is -0.403 e. The molecule has 0 spiro atoms. The van der Waals surface area contributed by atoms with Crippen LogP contribution in [0.15, 0.2) is 51.8 Å². The molecule has 1 saturated heterocycles. The van der Waals surface area contributed by atoms with Gasteiger partial charge in [0.1, 0.15) is 5.82 Å². The Hall–Kier alpha value is -3.11. The third kappa shape index (κ3) is 4.71. The van der Waals surface area contributed by atoms with Gasteiger partial charge in [-0.3, -0.25) is 10.1 Å². The first-order valence-corrected chi connectivity index (χ1v) is 11.6. The molecule has 1 aliphatic rings. The number of piperidine rings is 1. The number of amides is 1. The molecule has 1 aliphatic heterocycles. The van der Waals surface area contributed by atoms with Gasteiger partial charge in [0.15, 0.2) is 0 Å². The van der Waals surface area contributed by atoms with E-state index in [0.29, 0.717) is 19.4 Å². The average molecular weight is 459 g/mol. The van der Waals surface area contributed by atoms with Crippen LogP contribution in [0.25, 0.3) is 11.5 Å². The second-order valence-electron chi connectivity index (χ2n) is 7.93. The Balaban J connectivity index is 1.45. The number of benzene rings is 2. The molecule has 4 rings (SSSR count). The molecule has 0 bridgehead atoms. The van der Waals surface area contributed by atoms with Crippen molar-refractivity contribution < 1.29 is 22.0 Å². The molecule has 2 heterocycles. The molecule has 1 N–H and O–H groups in total. The highest BCUT2D eigenvalue weighted by atomic mass is 32.2. The summed E-state index contributed by atoms with van der Waals surface area (Å²) in [7, 11) is -3.82. The van der Waals surface area contributed by atoms with Crippen LogP contribution in [0, 0.1) is 25.6 Å². The number of nitrogens with zero attached hydrogens (tertiary/aromatic N) is 3. The van der Waals surface area contributed by atoms with E-state index in [2.05, 4.69) is 15.5 Å². The molecule has 3 aromatic rings. The summed E-state index contributed by atoms with van der Waals surface area (Å²) in [5.74, 6) is -1.19. The molecule has 1 aromatic heterocycles. The van der Waals surface area contributed by atoms with Crippen LogP contribution in [0.5, 0.6) is 0 Å². The van der Waals surface area contributed by atoms with E-state index in [1.54, 1.807) is 0 Å². The summed E-state index contributed by atoms with van der Waals surface area (Å²) in [6.45, 7) is 4.24. The number of aryl methyl sites for hydroxylation is 2. The van der Waals surface area contributed by atoms with E-state index in [-0.39, 0.29) is 29.3 Å². The van der Waals surface area contributed by atoms with E-state index in [1.807, 2.05) is 32.0 Å². The molecule has 0 radical (unpaired) electrons. The predicted octanol–water partition coefficient (Wildman–Crippen LogP) is 3.53. The number of hydrogen-bond donors (Lipinski definition) is 1. The Bertz CT molecular complexity index is 1220. The predicted molar refractivity (Wildman–Crippen MR) is 116 cm³/mol. The zero-order valence-corrected chi connectivity index (χ0v) is 18.5. The van der Waals surface area contributed by atoms with Gasteiger partial charge in [-0.05, 0) is 63.1 Å². The van der Waals surface area contributed by atoms with Gasteiger partial charge in [-0.2, -0.15) is 4.31 Å². The van der Waals surface area contributed by atoms with Gasteiger partial charge < -0.3 is 4.42 Å². The van der Waals surface area contributed by atoms with Crippen molar-refractivity contribution in [2.45, 2.75) is 31.6 Å². The van der Waals surface area contributed by atoms with Crippen molar-refractivity contribution in [3.63, 3.8) is 0 Å². The van der Waals surface area contributed by atoms with E-state index >= 15 is 0 Å². The normalized spacial score (nSPS) is 17.3. The molecule has 0 aliphatic carbocycles. The Labute approximate surface area is 185 Å². The van der Waals surface area contributed by atoms with Crippen molar-refractivity contribution in [3.8, 4) is 11.5 Å². The van der Waals surface area contributed by atoms with Gasteiger partial charge in [-0.15, -0.1) is 5.10 Å². The number of nitrogens with one attached hydrogen (secondary N) is 1. The van der Waals surface area contributed by atoms with E-state index in [1.165, 1.54) is 16.4 Å². The van der Waals surface area contributed by atoms with Crippen LogP contribution in [0.1, 0.15) is 24.0 Å². The molecular weight excluding hydrogens is 435 g/mol. The molecule has 1 fully saturated rings. The standard InChI is InChI=1S/C22H23FN4O4S/c1-14-10-15(2)12-17(11-14)21-25-26-22(31-21)24-20(28)16-4-3-9-27(13-16)32(29,30)19-7-5-18(23)6-8-19/h5-8,10-12,16H,3-4,9,13H2,1-2H3,(H,24,26,28). The summed E-state index contributed by atoms with van der Waals surface area (Å²) in [5.41, 5.74) is 2.85. The fourth-order valence-electron chi connectivity index (χ4n) is 3.83. The maximum absolute atomic E-state index is 13.2. The van der Waals surface area contributed by atoms with E-state index < -0.39 is 21.8 Å². The summed E-state index contributed by atoms with van der Waals surface area (Å²) in [6.07, 6.45) is 1.05. The summed E-state index contributed by atoms with van der Waals surface area (Å²) < 4.78 is 45.7. The number of aromatic nitrogens is 2. The van der Waals surface area contributed by atoms with Crippen LogP contribution in [0.4, 0.5) is 10.4 Å². The van der Waals surface area contributed by atoms with Gasteiger partial charge in [0, 0.05) is 18.7 Å². The SMILES string of the molecule is Cc1cc(C)cc(-c2nnc(NC(=O)C3CCCN(S(=O)(=O)c4ccc(F)cc4)C3)o2)c1. The Morgan fingerprint density at radius 3 is 2.50 bits per heavy atom. The number of hydrogen-bond acceptors (Lipinski definition) is 6. The highest BCUT2D eigenvalue weighted by Crippen LogP contribution is 2.26. The van der Waals surface area contributed by atoms with Gasteiger partial charge in [-0.1, -0.05) is 22.3 Å². The van der Waals surface area contributed by atoms with Gasteiger partial charge in [0.25, 0.3) is 0 Å². The summed E-state index contributed by atoms with van der Waals surface area (Å²) in [4.78, 5) is 12.8. The second-order valence-corrected chi connectivity index (χ2v) is 9.87. The minimum atomic E-state index is -3.82. The Morgan fingerprint density at radius 2 is 1.81 bits per heavy atom. The zero-order valence-electron chi connectivity index (χ0n) is 17.7. The van der Waals surface area contributed by atoms with Gasteiger partial charge in [0.2, 0.25) is 21.8 Å². The van der Waals surface area contributed by atoms with Crippen molar-refractivity contribution in [2.24, 2.45) is 5.92 Å². The second kappa shape index (κ2) is 8.79. The number of halogens is 1. The fourth-order valence-corrected chi connectivity index (χ4v) is 5.35. The lowest BCUT2D eigenvalue weighted by atomic mass is 9.99. The number of carbonyl (C=O) groups is 1. The van der Waals surface area contributed by atoms with Crippen LogP contribution in [0.2, 0.25) is 0 Å². The first kappa shape index (κ1) is 22.1. The molecule has 8 nitrogen and oxygen atoms in total. The van der Waals surface area contributed by atoms with Crippen LogP contribution in [-0.4, -0.2) is 41.9 Å². The van der Waals surface area contributed by atoms with Gasteiger partial charge in [-0.25, -0.2) is 12.8 Å². The summed E-state index contributed by atoms with van der Waals surface area (Å²) in [6, 6.07) is 10.5. The third-order valence-corrected chi connectivity index (χ3v) is 7.21.